The van der Waals surface area contributed by atoms with Crippen LogP contribution in [-0.2, 0) is 4.79 Å². The van der Waals surface area contributed by atoms with Gasteiger partial charge >= 0.3 is 5.97 Å². The lowest BCUT2D eigenvalue weighted by molar-refractivity contribution is -0.137. The van der Waals surface area contributed by atoms with Crippen LogP contribution in [0.3, 0.4) is 0 Å². The summed E-state index contributed by atoms with van der Waals surface area (Å²) in [7, 11) is 0. The summed E-state index contributed by atoms with van der Waals surface area (Å²) in [6.45, 7) is -0.264. The maximum absolute atomic E-state index is 11.9. The third-order valence-electron chi connectivity index (χ3n) is 2.43. The molecule has 1 fully saturated rings. The van der Waals surface area contributed by atoms with Crippen molar-refractivity contribution in [1.82, 2.24) is 9.88 Å². The van der Waals surface area contributed by atoms with Crippen LogP contribution < -0.4 is 0 Å². The Hall–Kier alpha value is -1.49. The van der Waals surface area contributed by atoms with E-state index in [1.165, 1.54) is 17.2 Å². The van der Waals surface area contributed by atoms with Crippen molar-refractivity contribution in [1.29, 1.82) is 0 Å². The largest absolute Gasteiger partial charge is 0.480 e. The topological polar surface area (TPSA) is 73.4 Å². The summed E-state index contributed by atoms with van der Waals surface area (Å²) < 4.78 is 0. The minimum atomic E-state index is -1.00. The molecule has 2 rings (SSSR count). The smallest absolute Gasteiger partial charge is 0.323 e. The minimum absolute atomic E-state index is 0.0608. The number of H-pyrrole nitrogens is 1. The third-order valence-corrected chi connectivity index (χ3v) is 2.65. The van der Waals surface area contributed by atoms with Gasteiger partial charge in [-0.1, -0.05) is 11.6 Å². The number of aromatic amines is 1. The highest BCUT2D eigenvalue weighted by Crippen LogP contribution is 2.28. The van der Waals surface area contributed by atoms with E-state index in [2.05, 4.69) is 4.98 Å². The Morgan fingerprint density at radius 1 is 1.56 bits per heavy atom. The van der Waals surface area contributed by atoms with Crippen LogP contribution in [0.1, 0.15) is 23.3 Å². The molecule has 16 heavy (non-hydrogen) atoms. The Morgan fingerprint density at radius 2 is 2.25 bits per heavy atom. The summed E-state index contributed by atoms with van der Waals surface area (Å²) in [5.41, 5.74) is 0.332. The van der Waals surface area contributed by atoms with Gasteiger partial charge in [0, 0.05) is 12.2 Å². The molecule has 0 unspecified atom stereocenters. The van der Waals surface area contributed by atoms with Gasteiger partial charge in [0.1, 0.15) is 12.2 Å². The first-order chi connectivity index (χ1) is 7.58. The number of carbonyl (C=O) groups excluding carboxylic acids is 1. The Bertz CT molecular complexity index is 425. The summed E-state index contributed by atoms with van der Waals surface area (Å²) >= 11 is 5.69. The Labute approximate surface area is 97.0 Å². The van der Waals surface area contributed by atoms with Crippen molar-refractivity contribution in [3.05, 3.63) is 23.0 Å². The average Bonchev–Trinajstić information content (AvgIpc) is 2.96. The highest BCUT2D eigenvalue weighted by molar-refractivity contribution is 6.30. The maximum Gasteiger partial charge on any atom is 0.323 e. The quantitative estimate of drug-likeness (QED) is 0.837. The molecular weight excluding hydrogens is 232 g/mol. The van der Waals surface area contributed by atoms with E-state index in [4.69, 9.17) is 16.7 Å². The molecule has 0 spiro atoms. The van der Waals surface area contributed by atoms with E-state index in [0.29, 0.717) is 10.7 Å². The number of nitrogens with one attached hydrogen (secondary N) is 1. The van der Waals surface area contributed by atoms with Crippen molar-refractivity contribution in [2.75, 3.05) is 6.54 Å². The number of rotatable bonds is 4. The first kappa shape index (κ1) is 11.0. The molecule has 0 radical (unpaired) electrons. The number of hydrogen-bond donors (Lipinski definition) is 2. The van der Waals surface area contributed by atoms with E-state index in [0.717, 1.165) is 12.8 Å². The van der Waals surface area contributed by atoms with E-state index >= 15 is 0 Å². The van der Waals surface area contributed by atoms with Gasteiger partial charge in [0.15, 0.2) is 0 Å². The molecule has 0 saturated heterocycles. The number of carboxylic acid groups (broad SMARTS) is 1. The van der Waals surface area contributed by atoms with E-state index in [1.54, 1.807) is 0 Å². The van der Waals surface area contributed by atoms with Crippen LogP contribution in [-0.4, -0.2) is 39.5 Å². The number of aromatic nitrogens is 1. The normalized spacial score (nSPS) is 14.8. The van der Waals surface area contributed by atoms with Crippen LogP contribution in [0.5, 0.6) is 0 Å². The maximum atomic E-state index is 11.9. The first-order valence-corrected chi connectivity index (χ1v) is 5.32. The van der Waals surface area contributed by atoms with Gasteiger partial charge in [-0.15, -0.1) is 0 Å². The molecule has 1 aromatic heterocycles. The lowest BCUT2D eigenvalue weighted by atomic mass is 10.3. The minimum Gasteiger partial charge on any atom is -0.480 e. The summed E-state index contributed by atoms with van der Waals surface area (Å²) in [5, 5.41) is 9.17. The van der Waals surface area contributed by atoms with E-state index < -0.39 is 5.97 Å². The van der Waals surface area contributed by atoms with Gasteiger partial charge in [-0.2, -0.15) is 0 Å². The highest BCUT2D eigenvalue weighted by atomic mass is 35.5. The Morgan fingerprint density at radius 3 is 2.69 bits per heavy atom. The zero-order chi connectivity index (χ0) is 11.7. The molecule has 1 amide bonds. The SMILES string of the molecule is O=C(O)CN(C(=O)c1cc(Cl)c[nH]1)C1CC1. The first-order valence-electron chi connectivity index (χ1n) is 4.94. The molecule has 86 valence electrons. The van der Waals surface area contributed by atoms with Crippen molar-refractivity contribution in [2.45, 2.75) is 18.9 Å². The molecule has 1 heterocycles. The number of carboxylic acids is 1. The molecule has 1 aliphatic carbocycles. The van der Waals surface area contributed by atoms with Crippen molar-refractivity contribution < 1.29 is 14.7 Å². The van der Waals surface area contributed by atoms with Crippen LogP contribution in [0.2, 0.25) is 5.02 Å². The molecule has 5 nitrogen and oxygen atoms in total. The predicted molar refractivity (Wildman–Crippen MR) is 57.5 cm³/mol. The average molecular weight is 243 g/mol. The van der Waals surface area contributed by atoms with E-state index in [-0.39, 0.29) is 18.5 Å². The number of amides is 1. The van der Waals surface area contributed by atoms with Gasteiger partial charge < -0.3 is 15.0 Å². The van der Waals surface area contributed by atoms with Crippen LogP contribution in [0, 0.1) is 0 Å². The molecule has 0 aliphatic heterocycles. The molecule has 0 atom stereocenters. The Kier molecular flexibility index (Phi) is 2.87. The number of nitrogens with zero attached hydrogens (tertiary/aromatic N) is 1. The fourth-order valence-corrected chi connectivity index (χ4v) is 1.71. The highest BCUT2D eigenvalue weighted by Gasteiger charge is 2.34. The summed E-state index contributed by atoms with van der Waals surface area (Å²) in [6.07, 6.45) is 3.24. The standard InChI is InChI=1S/C10H11ClN2O3/c11-6-3-8(12-4-6)10(16)13(5-9(14)15)7-1-2-7/h3-4,7,12H,1-2,5H2,(H,14,15). The molecule has 1 aliphatic rings. The number of halogens is 1. The van der Waals surface area contributed by atoms with Crippen LogP contribution in [0.4, 0.5) is 0 Å². The molecule has 0 bridgehead atoms. The summed E-state index contributed by atoms with van der Waals surface area (Å²) in [5.74, 6) is -1.31. The van der Waals surface area contributed by atoms with Gasteiger partial charge in [-0.3, -0.25) is 9.59 Å². The lowest BCUT2D eigenvalue weighted by Gasteiger charge is -2.19. The van der Waals surface area contributed by atoms with Gasteiger partial charge in [0.2, 0.25) is 0 Å². The van der Waals surface area contributed by atoms with Crippen molar-refractivity contribution in [3.63, 3.8) is 0 Å². The van der Waals surface area contributed by atoms with Crippen LogP contribution in [0.25, 0.3) is 0 Å². The zero-order valence-electron chi connectivity index (χ0n) is 8.44. The van der Waals surface area contributed by atoms with Crippen molar-refractivity contribution in [2.24, 2.45) is 0 Å². The van der Waals surface area contributed by atoms with Crippen LogP contribution >= 0.6 is 11.6 Å². The lowest BCUT2D eigenvalue weighted by Crippen LogP contribution is -2.37. The molecular formula is C10H11ClN2O3. The summed E-state index contributed by atoms with van der Waals surface area (Å²) in [6, 6.07) is 1.56. The second kappa shape index (κ2) is 4.17. The number of carbonyl (C=O) groups is 2. The fraction of sp³-hybridized carbons (Fsp3) is 0.400. The third kappa shape index (κ3) is 2.36. The second-order valence-corrected chi connectivity index (χ2v) is 4.23. The predicted octanol–water partition coefficient (Wildman–Crippen LogP) is 1.36. The zero-order valence-corrected chi connectivity index (χ0v) is 9.20. The van der Waals surface area contributed by atoms with E-state index in [1.807, 2.05) is 0 Å². The van der Waals surface area contributed by atoms with Gasteiger partial charge in [0.25, 0.3) is 5.91 Å². The summed E-state index contributed by atoms with van der Waals surface area (Å²) in [4.78, 5) is 26.7. The van der Waals surface area contributed by atoms with Crippen LogP contribution in [0.15, 0.2) is 12.3 Å². The van der Waals surface area contributed by atoms with Crippen molar-refractivity contribution >= 4 is 23.5 Å². The second-order valence-electron chi connectivity index (χ2n) is 3.79. The molecule has 6 heteroatoms. The number of aliphatic carboxylic acids is 1. The van der Waals surface area contributed by atoms with E-state index in [9.17, 15) is 9.59 Å². The molecule has 1 saturated carbocycles. The fourth-order valence-electron chi connectivity index (χ4n) is 1.54. The molecule has 0 aromatic carbocycles. The monoisotopic (exact) mass is 242 g/mol. The Balaban J connectivity index is 2.13. The molecule has 2 N–H and O–H groups in total. The molecule has 1 aromatic rings. The number of hydrogen-bond acceptors (Lipinski definition) is 2. The van der Waals surface area contributed by atoms with Crippen molar-refractivity contribution in [3.8, 4) is 0 Å². The van der Waals surface area contributed by atoms with Gasteiger partial charge in [-0.25, -0.2) is 0 Å². The van der Waals surface area contributed by atoms with Gasteiger partial charge in [0.05, 0.1) is 5.02 Å². The van der Waals surface area contributed by atoms with Gasteiger partial charge in [-0.05, 0) is 18.9 Å².